The maximum absolute atomic E-state index is 13.2. The van der Waals surface area contributed by atoms with Gasteiger partial charge >= 0.3 is 5.97 Å². The summed E-state index contributed by atoms with van der Waals surface area (Å²) in [6.45, 7) is 1.43. The van der Waals surface area contributed by atoms with Crippen LogP contribution in [0.3, 0.4) is 0 Å². The van der Waals surface area contributed by atoms with Crippen molar-refractivity contribution in [1.29, 1.82) is 0 Å². The first-order valence-corrected chi connectivity index (χ1v) is 12.5. The third-order valence-electron chi connectivity index (χ3n) is 5.53. The van der Waals surface area contributed by atoms with Crippen molar-refractivity contribution < 1.29 is 27.5 Å². The number of thioether (sulfide) groups is 1. The van der Waals surface area contributed by atoms with Crippen LogP contribution in [0.1, 0.15) is 19.8 Å². The van der Waals surface area contributed by atoms with Crippen LogP contribution in [0.2, 0.25) is 0 Å². The predicted octanol–water partition coefficient (Wildman–Crippen LogP) is 2.44. The number of fused-ring (bicyclic) bond motifs is 3. The molecule has 9 nitrogen and oxygen atoms in total. The Labute approximate surface area is 196 Å². The Balaban J connectivity index is 1.48. The highest BCUT2D eigenvalue weighted by Gasteiger charge is 2.59. The summed E-state index contributed by atoms with van der Waals surface area (Å²) in [7, 11) is -0.842. The fourth-order valence-corrected chi connectivity index (χ4v) is 6.12. The van der Waals surface area contributed by atoms with E-state index in [1.807, 2.05) is 12.1 Å². The summed E-state index contributed by atoms with van der Waals surface area (Å²) in [5.74, 6) is -1.45. The van der Waals surface area contributed by atoms with Gasteiger partial charge in [0.05, 0.1) is 10.6 Å². The molecule has 0 spiro atoms. The van der Waals surface area contributed by atoms with Crippen LogP contribution in [0.15, 0.2) is 58.3 Å². The molecule has 0 bridgehead atoms. The van der Waals surface area contributed by atoms with E-state index in [1.165, 1.54) is 55.9 Å². The normalized spacial score (nSPS) is 20.4. The van der Waals surface area contributed by atoms with Gasteiger partial charge in [-0.3, -0.25) is 14.5 Å². The topological polar surface area (TPSA) is 113 Å². The first kappa shape index (κ1) is 23.3. The van der Waals surface area contributed by atoms with E-state index in [2.05, 4.69) is 5.32 Å². The Kier molecular flexibility index (Phi) is 5.97. The zero-order valence-electron chi connectivity index (χ0n) is 18.3. The van der Waals surface area contributed by atoms with Crippen LogP contribution in [0.4, 0.5) is 11.4 Å². The molecule has 2 aromatic rings. The molecule has 1 saturated heterocycles. The Morgan fingerprint density at radius 2 is 1.91 bits per heavy atom. The molecule has 0 aromatic heterocycles. The summed E-state index contributed by atoms with van der Waals surface area (Å²) in [6.07, 6.45) is -0.671. The monoisotopic (exact) mass is 489 g/mol. The van der Waals surface area contributed by atoms with Gasteiger partial charge in [0.25, 0.3) is 5.91 Å². The number of carbonyl (C=O) groups is 3. The van der Waals surface area contributed by atoms with Crippen molar-refractivity contribution in [3.05, 3.63) is 48.5 Å². The smallest absolute Gasteiger partial charge is 0.344 e. The molecule has 2 aromatic carbocycles. The van der Waals surface area contributed by atoms with Gasteiger partial charge in [0.1, 0.15) is 0 Å². The van der Waals surface area contributed by atoms with Crippen LogP contribution >= 0.6 is 11.8 Å². The number of esters is 1. The summed E-state index contributed by atoms with van der Waals surface area (Å²) >= 11 is 1.26. The lowest BCUT2D eigenvalue weighted by Crippen LogP contribution is -2.49. The molecular weight excluding hydrogens is 466 g/mol. The van der Waals surface area contributed by atoms with Crippen molar-refractivity contribution in [2.75, 3.05) is 24.3 Å². The zero-order valence-corrected chi connectivity index (χ0v) is 19.9. The van der Waals surface area contributed by atoms with E-state index >= 15 is 0 Å². The predicted molar refractivity (Wildman–Crippen MR) is 123 cm³/mol. The largest absolute Gasteiger partial charge is 0.450 e. The van der Waals surface area contributed by atoms with Crippen molar-refractivity contribution in [3.63, 3.8) is 0 Å². The van der Waals surface area contributed by atoms with Crippen LogP contribution < -0.4 is 10.2 Å². The standard InChI is InChI=1S/C22H23N3O6S2/c1-14(20(27)23-15-7-6-8-16(13-15)33(29,30)24(2)3)31-21(28)22-12-11-19(26)25(22)17-9-4-5-10-18(17)32-22/h4-10,13-14H,11-12H2,1-3H3,(H,23,27). The van der Waals surface area contributed by atoms with E-state index in [9.17, 15) is 22.8 Å². The van der Waals surface area contributed by atoms with Crippen LogP contribution in [0.25, 0.3) is 0 Å². The molecule has 0 saturated carbocycles. The van der Waals surface area contributed by atoms with Crippen LogP contribution in [-0.2, 0) is 29.1 Å². The fourth-order valence-electron chi connectivity index (χ4n) is 3.77. The van der Waals surface area contributed by atoms with Gasteiger partial charge in [0, 0.05) is 37.5 Å². The number of ether oxygens (including phenoxy) is 1. The number of anilines is 2. The Bertz CT molecular complexity index is 1250. The Hall–Kier alpha value is -2.89. The summed E-state index contributed by atoms with van der Waals surface area (Å²) in [4.78, 5) is 39.5. The third kappa shape index (κ3) is 4.00. The van der Waals surface area contributed by atoms with Gasteiger partial charge < -0.3 is 10.1 Å². The number of sulfonamides is 1. The van der Waals surface area contributed by atoms with Crippen molar-refractivity contribution in [3.8, 4) is 0 Å². The van der Waals surface area contributed by atoms with Crippen molar-refractivity contribution in [2.24, 2.45) is 0 Å². The second kappa shape index (κ2) is 8.47. The van der Waals surface area contributed by atoms with Crippen LogP contribution in [0.5, 0.6) is 0 Å². The molecule has 0 aliphatic carbocycles. The molecule has 11 heteroatoms. The van der Waals surface area contributed by atoms with Crippen molar-refractivity contribution in [1.82, 2.24) is 4.31 Å². The van der Waals surface area contributed by atoms with Gasteiger partial charge in [-0.1, -0.05) is 30.0 Å². The second-order valence-electron chi connectivity index (χ2n) is 7.94. The number of amides is 2. The SMILES string of the molecule is CC(OC(=O)C12CCC(=O)N1c1ccccc1S2)C(=O)Nc1cccc(S(=O)(=O)N(C)C)c1. The molecule has 2 aliphatic heterocycles. The number of rotatable bonds is 6. The quantitative estimate of drug-likeness (QED) is 0.620. The minimum Gasteiger partial charge on any atom is -0.450 e. The Morgan fingerprint density at radius 1 is 1.18 bits per heavy atom. The molecule has 2 aliphatic rings. The van der Waals surface area contributed by atoms with Gasteiger partial charge in [-0.05, 0) is 37.3 Å². The maximum Gasteiger partial charge on any atom is 0.344 e. The third-order valence-corrected chi connectivity index (χ3v) is 8.79. The summed E-state index contributed by atoms with van der Waals surface area (Å²) in [6, 6.07) is 13.1. The molecule has 2 unspecified atom stereocenters. The van der Waals surface area contributed by atoms with Crippen LogP contribution in [0, 0.1) is 0 Å². The van der Waals surface area contributed by atoms with E-state index in [0.717, 1.165) is 9.20 Å². The van der Waals surface area contributed by atoms with E-state index < -0.39 is 32.9 Å². The van der Waals surface area contributed by atoms with Gasteiger partial charge in [-0.2, -0.15) is 0 Å². The highest BCUT2D eigenvalue weighted by Crippen LogP contribution is 2.56. The summed E-state index contributed by atoms with van der Waals surface area (Å²) in [5.41, 5.74) is 0.919. The van der Waals surface area contributed by atoms with Gasteiger partial charge in [-0.15, -0.1) is 0 Å². The van der Waals surface area contributed by atoms with E-state index in [1.54, 1.807) is 18.2 Å². The molecule has 2 amide bonds. The average molecular weight is 490 g/mol. The minimum absolute atomic E-state index is 0.0223. The van der Waals surface area contributed by atoms with Crippen LogP contribution in [-0.4, -0.2) is 55.6 Å². The lowest BCUT2D eigenvalue weighted by Gasteiger charge is -2.29. The molecule has 0 radical (unpaired) electrons. The van der Waals surface area contributed by atoms with E-state index in [4.69, 9.17) is 4.74 Å². The number of para-hydroxylation sites is 1. The number of nitrogens with zero attached hydrogens (tertiary/aromatic N) is 2. The highest BCUT2D eigenvalue weighted by atomic mass is 32.2. The molecule has 33 heavy (non-hydrogen) atoms. The van der Waals surface area contributed by atoms with Gasteiger partial charge in [0.2, 0.25) is 15.9 Å². The van der Waals surface area contributed by atoms with E-state index in [-0.39, 0.29) is 29.3 Å². The number of hydrogen-bond donors (Lipinski definition) is 1. The first-order chi connectivity index (χ1) is 15.6. The lowest BCUT2D eigenvalue weighted by atomic mass is 10.2. The lowest BCUT2D eigenvalue weighted by molar-refractivity contribution is -0.155. The van der Waals surface area contributed by atoms with Crippen molar-refractivity contribution in [2.45, 2.75) is 40.5 Å². The molecule has 4 rings (SSSR count). The highest BCUT2D eigenvalue weighted by molar-refractivity contribution is 8.02. The molecule has 1 N–H and O–H groups in total. The molecule has 1 fully saturated rings. The zero-order chi connectivity index (χ0) is 24.0. The minimum atomic E-state index is -3.67. The van der Waals surface area contributed by atoms with Gasteiger partial charge in [-0.25, -0.2) is 17.5 Å². The first-order valence-electron chi connectivity index (χ1n) is 10.2. The molecule has 2 heterocycles. The summed E-state index contributed by atoms with van der Waals surface area (Å²) in [5, 5.41) is 2.59. The number of nitrogens with one attached hydrogen (secondary N) is 1. The molecule has 2 atom stereocenters. The van der Waals surface area contributed by atoms with Crippen molar-refractivity contribution >= 4 is 50.9 Å². The number of hydrogen-bond acceptors (Lipinski definition) is 7. The second-order valence-corrected chi connectivity index (χ2v) is 11.4. The Morgan fingerprint density at radius 3 is 2.64 bits per heavy atom. The fraction of sp³-hybridized carbons (Fsp3) is 0.318. The number of benzene rings is 2. The number of carbonyl (C=O) groups excluding carboxylic acids is 3. The average Bonchev–Trinajstić information content (AvgIpc) is 3.29. The molecular formula is C22H23N3O6S2. The van der Waals surface area contributed by atoms with Gasteiger partial charge in [0.15, 0.2) is 11.0 Å². The summed E-state index contributed by atoms with van der Waals surface area (Å²) < 4.78 is 31.2. The maximum atomic E-state index is 13.2. The van der Waals surface area contributed by atoms with E-state index in [0.29, 0.717) is 5.69 Å². The molecule has 174 valence electrons.